The normalized spacial score (nSPS) is 15.4. The molecule has 26 heavy (non-hydrogen) atoms. The highest BCUT2D eigenvalue weighted by Crippen LogP contribution is 2.31. The Balaban J connectivity index is 1.72. The van der Waals surface area contributed by atoms with E-state index in [0.717, 1.165) is 21.9 Å². The quantitative estimate of drug-likeness (QED) is 0.377. The predicted molar refractivity (Wildman–Crippen MR) is 107 cm³/mol. The van der Waals surface area contributed by atoms with Gasteiger partial charge in [-0.3, -0.25) is 0 Å². The Morgan fingerprint density at radius 2 is 1.69 bits per heavy atom. The lowest BCUT2D eigenvalue weighted by molar-refractivity contribution is -0.130. The lowest BCUT2D eigenvalue weighted by Gasteiger charge is -2.05. The van der Waals surface area contributed by atoms with E-state index >= 15 is 0 Å². The summed E-state index contributed by atoms with van der Waals surface area (Å²) in [5, 5.41) is 3.29. The number of cyclic esters (lactones) is 1. The minimum absolute atomic E-state index is 0.394. The Morgan fingerprint density at radius 3 is 2.50 bits per heavy atom. The first-order chi connectivity index (χ1) is 12.5. The summed E-state index contributed by atoms with van der Waals surface area (Å²) >= 11 is 12.1. The molecule has 1 heterocycles. The number of hydrogen-bond acceptors (Lipinski definition) is 2. The van der Waals surface area contributed by atoms with E-state index in [4.69, 9.17) is 27.9 Å². The number of halogens is 2. The number of carbonyl (C=O) groups is 1. The van der Waals surface area contributed by atoms with Crippen molar-refractivity contribution in [1.82, 2.24) is 0 Å². The van der Waals surface area contributed by atoms with E-state index in [2.05, 4.69) is 25.1 Å². The standard InChI is InChI=1S/C22H14Cl2O2/c1-13-2-3-15-9-17(5-4-14(15)8-13)21-11-18(22(25)26-21)10-16-6-7-19(23)12-20(16)24/h2-12H,1H3/b18-10+. The van der Waals surface area contributed by atoms with Crippen molar-refractivity contribution in [2.24, 2.45) is 0 Å². The lowest BCUT2D eigenvalue weighted by Crippen LogP contribution is -1.97. The Kier molecular flexibility index (Phi) is 4.31. The van der Waals surface area contributed by atoms with Gasteiger partial charge in [-0.05, 0) is 53.6 Å². The van der Waals surface area contributed by atoms with Crippen molar-refractivity contribution < 1.29 is 9.53 Å². The molecule has 4 rings (SSSR count). The van der Waals surface area contributed by atoms with E-state index in [1.165, 1.54) is 5.56 Å². The van der Waals surface area contributed by atoms with Gasteiger partial charge in [0.25, 0.3) is 0 Å². The Bertz CT molecular complexity index is 1110. The molecule has 0 unspecified atom stereocenters. The van der Waals surface area contributed by atoms with Crippen molar-refractivity contribution in [2.45, 2.75) is 6.92 Å². The fourth-order valence-electron chi connectivity index (χ4n) is 2.94. The van der Waals surface area contributed by atoms with Crippen molar-refractivity contribution in [3.63, 3.8) is 0 Å². The molecule has 0 radical (unpaired) electrons. The van der Waals surface area contributed by atoms with Gasteiger partial charge in [0.1, 0.15) is 5.76 Å². The van der Waals surface area contributed by atoms with Crippen LogP contribution in [0.4, 0.5) is 0 Å². The number of aryl methyl sites for hydroxylation is 1. The summed E-state index contributed by atoms with van der Waals surface area (Å²) < 4.78 is 5.45. The molecule has 2 nitrogen and oxygen atoms in total. The van der Waals surface area contributed by atoms with Crippen LogP contribution in [0.15, 0.2) is 66.2 Å². The molecule has 0 bridgehead atoms. The van der Waals surface area contributed by atoms with Crippen molar-refractivity contribution in [2.75, 3.05) is 0 Å². The number of carbonyl (C=O) groups excluding carboxylic acids is 1. The van der Waals surface area contributed by atoms with Gasteiger partial charge in [-0.2, -0.15) is 0 Å². The van der Waals surface area contributed by atoms with Crippen LogP contribution in [-0.2, 0) is 9.53 Å². The molecule has 0 amide bonds. The highest BCUT2D eigenvalue weighted by Gasteiger charge is 2.22. The number of hydrogen-bond donors (Lipinski definition) is 0. The van der Waals surface area contributed by atoms with Crippen LogP contribution in [0.3, 0.4) is 0 Å². The van der Waals surface area contributed by atoms with Gasteiger partial charge in [-0.15, -0.1) is 0 Å². The van der Waals surface area contributed by atoms with Gasteiger partial charge in [0.15, 0.2) is 0 Å². The summed E-state index contributed by atoms with van der Waals surface area (Å²) in [4.78, 5) is 12.2. The molecule has 3 aromatic rings. The van der Waals surface area contributed by atoms with Crippen molar-refractivity contribution >= 4 is 51.8 Å². The van der Waals surface area contributed by atoms with Crippen LogP contribution >= 0.6 is 23.2 Å². The number of rotatable bonds is 2. The van der Waals surface area contributed by atoms with Gasteiger partial charge in [0, 0.05) is 15.6 Å². The van der Waals surface area contributed by atoms with Crippen LogP contribution in [0.2, 0.25) is 10.0 Å². The Morgan fingerprint density at radius 1 is 0.923 bits per heavy atom. The maximum atomic E-state index is 12.2. The van der Waals surface area contributed by atoms with Gasteiger partial charge >= 0.3 is 5.97 Å². The molecule has 0 aliphatic carbocycles. The smallest absolute Gasteiger partial charge is 0.343 e. The first-order valence-corrected chi connectivity index (χ1v) is 8.87. The second kappa shape index (κ2) is 6.64. The number of esters is 1. The highest BCUT2D eigenvalue weighted by atomic mass is 35.5. The molecule has 0 spiro atoms. The van der Waals surface area contributed by atoms with Gasteiger partial charge in [0.2, 0.25) is 0 Å². The van der Waals surface area contributed by atoms with Gasteiger partial charge in [0.05, 0.1) is 5.57 Å². The molecule has 3 aromatic carbocycles. The van der Waals surface area contributed by atoms with Gasteiger partial charge < -0.3 is 4.74 Å². The molecule has 128 valence electrons. The monoisotopic (exact) mass is 380 g/mol. The van der Waals surface area contributed by atoms with Crippen molar-refractivity contribution in [3.05, 3.63) is 93.0 Å². The fraction of sp³-hybridized carbons (Fsp3) is 0.0455. The Labute approximate surface area is 161 Å². The van der Waals surface area contributed by atoms with Crippen LogP contribution in [0.1, 0.15) is 16.7 Å². The maximum absolute atomic E-state index is 12.2. The summed E-state index contributed by atoms with van der Waals surface area (Å²) in [6.07, 6.45) is 3.45. The third kappa shape index (κ3) is 3.26. The third-order valence-electron chi connectivity index (χ3n) is 4.28. The van der Waals surface area contributed by atoms with E-state index in [9.17, 15) is 4.79 Å². The molecule has 0 saturated carbocycles. The second-order valence-corrected chi connectivity index (χ2v) is 7.07. The zero-order valence-corrected chi connectivity index (χ0v) is 15.4. The molecular weight excluding hydrogens is 367 g/mol. The van der Waals surface area contributed by atoms with E-state index in [-0.39, 0.29) is 0 Å². The first kappa shape index (κ1) is 16.9. The summed E-state index contributed by atoms with van der Waals surface area (Å²) in [7, 11) is 0. The van der Waals surface area contributed by atoms with Crippen LogP contribution in [0, 0.1) is 6.92 Å². The zero-order chi connectivity index (χ0) is 18.3. The molecule has 0 N–H and O–H groups in total. The summed E-state index contributed by atoms with van der Waals surface area (Å²) in [5.41, 5.74) is 3.24. The zero-order valence-electron chi connectivity index (χ0n) is 13.9. The SMILES string of the molecule is Cc1ccc2cc(C3=C/C(=C\c4ccc(Cl)cc4Cl)C(=O)O3)ccc2c1. The van der Waals surface area contributed by atoms with Crippen molar-refractivity contribution in [3.8, 4) is 0 Å². The van der Waals surface area contributed by atoms with Crippen molar-refractivity contribution in [1.29, 1.82) is 0 Å². The van der Waals surface area contributed by atoms with Gasteiger partial charge in [-0.25, -0.2) is 4.79 Å². The van der Waals surface area contributed by atoms with E-state index in [1.807, 2.05) is 18.2 Å². The van der Waals surface area contributed by atoms with Gasteiger partial charge in [-0.1, -0.05) is 65.2 Å². The molecule has 0 aromatic heterocycles. The van der Waals surface area contributed by atoms with E-state index in [0.29, 0.717) is 21.4 Å². The summed E-state index contributed by atoms with van der Waals surface area (Å²) in [5.74, 6) is 0.142. The second-order valence-electron chi connectivity index (χ2n) is 6.23. The average molecular weight is 381 g/mol. The lowest BCUT2D eigenvalue weighted by atomic mass is 10.0. The van der Waals surface area contributed by atoms with Crippen LogP contribution < -0.4 is 0 Å². The van der Waals surface area contributed by atoms with E-state index < -0.39 is 5.97 Å². The van der Waals surface area contributed by atoms with Crippen LogP contribution in [0.5, 0.6) is 0 Å². The summed E-state index contributed by atoms with van der Waals surface area (Å²) in [6, 6.07) is 17.4. The van der Waals surface area contributed by atoms with E-state index in [1.54, 1.807) is 30.4 Å². The fourth-order valence-corrected chi connectivity index (χ4v) is 3.40. The predicted octanol–water partition coefficient (Wildman–Crippen LogP) is 6.44. The molecule has 0 saturated heterocycles. The number of benzene rings is 3. The topological polar surface area (TPSA) is 26.3 Å². The van der Waals surface area contributed by atoms with Crippen LogP contribution in [-0.4, -0.2) is 5.97 Å². The molecular formula is C22H14Cl2O2. The number of ether oxygens (including phenoxy) is 1. The minimum Gasteiger partial charge on any atom is -0.422 e. The minimum atomic E-state index is -0.394. The molecule has 0 fully saturated rings. The third-order valence-corrected chi connectivity index (χ3v) is 4.84. The average Bonchev–Trinajstić information content (AvgIpc) is 2.97. The summed E-state index contributed by atoms with van der Waals surface area (Å²) in [6.45, 7) is 2.06. The Hall–Kier alpha value is -2.55. The molecule has 4 heteroatoms. The number of fused-ring (bicyclic) bond motifs is 1. The maximum Gasteiger partial charge on any atom is 0.343 e. The molecule has 1 aliphatic rings. The highest BCUT2D eigenvalue weighted by molar-refractivity contribution is 6.35. The molecule has 1 aliphatic heterocycles. The van der Waals surface area contributed by atoms with Crippen LogP contribution in [0.25, 0.3) is 22.6 Å². The largest absolute Gasteiger partial charge is 0.422 e. The molecule has 0 atom stereocenters. The first-order valence-electron chi connectivity index (χ1n) is 8.11.